The summed E-state index contributed by atoms with van der Waals surface area (Å²) in [5, 5.41) is 12.4. The summed E-state index contributed by atoms with van der Waals surface area (Å²) in [6.07, 6.45) is -0.336. The molecule has 0 saturated carbocycles. The SMILES string of the molecule is CCOC(=O)N1CCN(c2ccc(NC(=O)c3ccccc3C)c(C(=O)O)c2)CC1. The van der Waals surface area contributed by atoms with E-state index in [1.807, 2.05) is 24.0 Å². The number of piperazine rings is 1. The van der Waals surface area contributed by atoms with Gasteiger partial charge in [-0.1, -0.05) is 18.2 Å². The molecule has 1 aliphatic rings. The van der Waals surface area contributed by atoms with Crippen LogP contribution in [0.2, 0.25) is 0 Å². The molecule has 0 atom stereocenters. The predicted octanol–water partition coefficient (Wildman–Crippen LogP) is 3.22. The highest BCUT2D eigenvalue weighted by molar-refractivity contribution is 6.08. The molecule has 1 fully saturated rings. The van der Waals surface area contributed by atoms with Gasteiger partial charge in [0.25, 0.3) is 5.91 Å². The number of anilines is 2. The number of nitrogens with zero attached hydrogens (tertiary/aromatic N) is 2. The molecule has 2 N–H and O–H groups in total. The van der Waals surface area contributed by atoms with E-state index >= 15 is 0 Å². The third-order valence-electron chi connectivity index (χ3n) is 5.04. The highest BCUT2D eigenvalue weighted by Gasteiger charge is 2.23. The Morgan fingerprint density at radius 3 is 2.37 bits per heavy atom. The molecule has 0 radical (unpaired) electrons. The molecule has 1 heterocycles. The van der Waals surface area contributed by atoms with Crippen LogP contribution in [-0.2, 0) is 4.74 Å². The maximum Gasteiger partial charge on any atom is 0.409 e. The maximum absolute atomic E-state index is 12.6. The first-order chi connectivity index (χ1) is 14.4. The van der Waals surface area contributed by atoms with E-state index < -0.39 is 5.97 Å². The van der Waals surface area contributed by atoms with Crippen molar-refractivity contribution in [1.82, 2.24) is 4.90 Å². The second-order valence-electron chi connectivity index (χ2n) is 6.98. The third kappa shape index (κ3) is 4.71. The molecule has 8 heteroatoms. The molecule has 2 aromatic rings. The van der Waals surface area contributed by atoms with E-state index in [0.29, 0.717) is 38.3 Å². The van der Waals surface area contributed by atoms with Gasteiger partial charge in [-0.2, -0.15) is 0 Å². The standard InChI is InChI=1S/C22H25N3O5/c1-3-30-22(29)25-12-10-24(11-13-25)16-8-9-19(18(14-16)21(27)28)23-20(26)17-7-5-4-6-15(17)2/h4-9,14H,3,10-13H2,1-2H3,(H,23,26)(H,27,28). The van der Waals surface area contributed by atoms with Gasteiger partial charge in [0.1, 0.15) is 0 Å². The first-order valence-electron chi connectivity index (χ1n) is 9.81. The number of carbonyl (C=O) groups excluding carboxylic acids is 2. The minimum atomic E-state index is -1.12. The summed E-state index contributed by atoms with van der Waals surface area (Å²) in [6.45, 7) is 6.03. The maximum atomic E-state index is 12.6. The monoisotopic (exact) mass is 411 g/mol. The lowest BCUT2D eigenvalue weighted by Crippen LogP contribution is -2.49. The zero-order valence-electron chi connectivity index (χ0n) is 17.1. The molecule has 2 aromatic carbocycles. The van der Waals surface area contributed by atoms with Crippen molar-refractivity contribution in [3.8, 4) is 0 Å². The van der Waals surface area contributed by atoms with Crippen molar-refractivity contribution < 1.29 is 24.2 Å². The number of hydrogen-bond acceptors (Lipinski definition) is 5. The van der Waals surface area contributed by atoms with Crippen molar-refractivity contribution in [1.29, 1.82) is 0 Å². The van der Waals surface area contributed by atoms with Crippen LogP contribution in [0, 0.1) is 6.92 Å². The fourth-order valence-corrected chi connectivity index (χ4v) is 3.39. The van der Waals surface area contributed by atoms with Crippen molar-refractivity contribution in [3.05, 3.63) is 59.2 Å². The number of aromatic carboxylic acids is 1. The molecule has 2 amide bonds. The second kappa shape index (κ2) is 9.30. The Balaban J connectivity index is 1.75. The van der Waals surface area contributed by atoms with Crippen LogP contribution >= 0.6 is 0 Å². The smallest absolute Gasteiger partial charge is 0.409 e. The fraction of sp³-hybridized carbons (Fsp3) is 0.318. The number of aryl methyl sites for hydroxylation is 1. The normalized spacial score (nSPS) is 13.7. The highest BCUT2D eigenvalue weighted by atomic mass is 16.6. The Labute approximate surface area is 175 Å². The van der Waals surface area contributed by atoms with Gasteiger partial charge < -0.3 is 25.0 Å². The molecule has 0 unspecified atom stereocenters. The van der Waals surface area contributed by atoms with E-state index in [9.17, 15) is 19.5 Å². The zero-order valence-corrected chi connectivity index (χ0v) is 17.1. The second-order valence-corrected chi connectivity index (χ2v) is 6.98. The molecule has 0 bridgehead atoms. The third-order valence-corrected chi connectivity index (χ3v) is 5.04. The van der Waals surface area contributed by atoms with Gasteiger partial charge in [0, 0.05) is 37.4 Å². The summed E-state index contributed by atoms with van der Waals surface area (Å²) >= 11 is 0. The number of carboxylic acids is 1. The van der Waals surface area contributed by atoms with Crippen LogP contribution in [0.25, 0.3) is 0 Å². The minimum absolute atomic E-state index is 0.0160. The summed E-state index contributed by atoms with van der Waals surface area (Å²) in [5.41, 5.74) is 2.28. The highest BCUT2D eigenvalue weighted by Crippen LogP contribution is 2.25. The summed E-state index contributed by atoms with van der Waals surface area (Å²) < 4.78 is 5.02. The van der Waals surface area contributed by atoms with E-state index in [1.165, 1.54) is 0 Å². The van der Waals surface area contributed by atoms with Crippen LogP contribution in [0.3, 0.4) is 0 Å². The number of amides is 2. The summed E-state index contributed by atoms with van der Waals surface area (Å²) in [5.74, 6) is -1.48. The Kier molecular flexibility index (Phi) is 6.56. The number of nitrogens with one attached hydrogen (secondary N) is 1. The zero-order chi connectivity index (χ0) is 21.7. The summed E-state index contributed by atoms with van der Waals surface area (Å²) in [4.78, 5) is 39.9. The van der Waals surface area contributed by atoms with Gasteiger partial charge in [-0.15, -0.1) is 0 Å². The van der Waals surface area contributed by atoms with Crippen molar-refractivity contribution in [3.63, 3.8) is 0 Å². The molecule has 3 rings (SSSR count). The van der Waals surface area contributed by atoms with Crippen LogP contribution in [0.5, 0.6) is 0 Å². The first-order valence-corrected chi connectivity index (χ1v) is 9.81. The van der Waals surface area contributed by atoms with Gasteiger partial charge >= 0.3 is 12.1 Å². The number of carboxylic acid groups (broad SMARTS) is 1. The van der Waals surface area contributed by atoms with E-state index in [2.05, 4.69) is 5.32 Å². The van der Waals surface area contributed by atoms with Crippen molar-refractivity contribution in [2.75, 3.05) is 43.0 Å². The number of carbonyl (C=O) groups is 3. The average Bonchev–Trinajstić information content (AvgIpc) is 2.74. The molecule has 8 nitrogen and oxygen atoms in total. The lowest BCUT2D eigenvalue weighted by molar-refractivity contribution is 0.0698. The summed E-state index contributed by atoms with van der Waals surface area (Å²) in [6, 6.07) is 12.1. The van der Waals surface area contributed by atoms with Crippen LogP contribution in [-0.4, -0.2) is 60.8 Å². The molecule has 0 aromatic heterocycles. The lowest BCUT2D eigenvalue weighted by atomic mass is 10.1. The lowest BCUT2D eigenvalue weighted by Gasteiger charge is -2.35. The molecule has 30 heavy (non-hydrogen) atoms. The Hall–Kier alpha value is -3.55. The van der Waals surface area contributed by atoms with Gasteiger partial charge in [0.15, 0.2) is 0 Å². The topological polar surface area (TPSA) is 99.2 Å². The number of benzene rings is 2. The van der Waals surface area contributed by atoms with Gasteiger partial charge in [0.05, 0.1) is 17.9 Å². The number of hydrogen-bond donors (Lipinski definition) is 2. The first kappa shape index (κ1) is 21.2. The average molecular weight is 411 g/mol. The van der Waals surface area contributed by atoms with Crippen molar-refractivity contribution in [2.45, 2.75) is 13.8 Å². The van der Waals surface area contributed by atoms with E-state index in [4.69, 9.17) is 4.74 Å². The molecule has 158 valence electrons. The van der Waals surface area contributed by atoms with Crippen molar-refractivity contribution in [2.24, 2.45) is 0 Å². The molecule has 0 spiro atoms. The Morgan fingerprint density at radius 1 is 1.03 bits per heavy atom. The Morgan fingerprint density at radius 2 is 1.73 bits per heavy atom. The van der Waals surface area contributed by atoms with Crippen LogP contribution in [0.1, 0.15) is 33.2 Å². The fourth-order valence-electron chi connectivity index (χ4n) is 3.39. The molecule has 0 aliphatic carbocycles. The minimum Gasteiger partial charge on any atom is -0.478 e. The van der Waals surface area contributed by atoms with Gasteiger partial charge in [-0.05, 0) is 43.7 Å². The van der Waals surface area contributed by atoms with E-state index in [0.717, 1.165) is 11.3 Å². The van der Waals surface area contributed by atoms with Crippen LogP contribution < -0.4 is 10.2 Å². The molecule has 1 saturated heterocycles. The predicted molar refractivity (Wildman–Crippen MR) is 113 cm³/mol. The van der Waals surface area contributed by atoms with Crippen LogP contribution in [0.4, 0.5) is 16.2 Å². The molecule has 1 aliphatic heterocycles. The van der Waals surface area contributed by atoms with E-state index in [-0.39, 0.29) is 23.3 Å². The van der Waals surface area contributed by atoms with Crippen molar-refractivity contribution >= 4 is 29.3 Å². The number of ether oxygens (including phenoxy) is 1. The largest absolute Gasteiger partial charge is 0.478 e. The molecular weight excluding hydrogens is 386 g/mol. The van der Waals surface area contributed by atoms with Crippen LogP contribution in [0.15, 0.2) is 42.5 Å². The molecular formula is C22H25N3O5. The van der Waals surface area contributed by atoms with E-state index in [1.54, 1.807) is 42.2 Å². The Bertz CT molecular complexity index is 952. The summed E-state index contributed by atoms with van der Waals surface area (Å²) in [7, 11) is 0. The number of rotatable bonds is 5. The van der Waals surface area contributed by atoms with Gasteiger partial charge in [0.2, 0.25) is 0 Å². The van der Waals surface area contributed by atoms with Gasteiger partial charge in [-0.3, -0.25) is 4.79 Å². The quantitative estimate of drug-likeness (QED) is 0.784. The van der Waals surface area contributed by atoms with Gasteiger partial charge in [-0.25, -0.2) is 9.59 Å².